The van der Waals surface area contributed by atoms with Gasteiger partial charge in [0.25, 0.3) is 0 Å². The number of rotatable bonds is 3. The van der Waals surface area contributed by atoms with E-state index in [2.05, 4.69) is 39.0 Å². The van der Waals surface area contributed by atoms with Gasteiger partial charge < -0.3 is 4.74 Å². The summed E-state index contributed by atoms with van der Waals surface area (Å²) < 4.78 is 5.90. The van der Waals surface area contributed by atoms with Gasteiger partial charge in [-0.15, -0.1) is 0 Å². The van der Waals surface area contributed by atoms with Gasteiger partial charge in [0.05, 0.1) is 0 Å². The molecule has 0 aliphatic heterocycles. The monoisotopic (exact) mass is 226 g/mol. The lowest BCUT2D eigenvalue weighted by molar-refractivity contribution is 0.478. The van der Waals surface area contributed by atoms with Gasteiger partial charge in [0, 0.05) is 0 Å². The summed E-state index contributed by atoms with van der Waals surface area (Å²) in [6.07, 6.45) is 0. The Kier molecular flexibility index (Phi) is 3.48. The first-order chi connectivity index (χ1) is 8.16. The fourth-order valence-corrected chi connectivity index (χ4v) is 1.74. The second kappa shape index (κ2) is 5.05. The smallest absolute Gasteiger partial charge is 0.130 e. The molecule has 0 aromatic heterocycles. The van der Waals surface area contributed by atoms with Gasteiger partial charge in [0.15, 0.2) is 0 Å². The molecule has 0 aliphatic rings. The lowest BCUT2D eigenvalue weighted by atomic mass is 10.0. The molecular formula is C16H18O. The zero-order valence-corrected chi connectivity index (χ0v) is 10.6. The lowest BCUT2D eigenvalue weighted by Crippen LogP contribution is -1.90. The minimum Gasteiger partial charge on any atom is -0.457 e. The van der Waals surface area contributed by atoms with Crippen LogP contribution in [0.5, 0.6) is 11.5 Å². The van der Waals surface area contributed by atoms with Crippen molar-refractivity contribution in [2.45, 2.75) is 26.7 Å². The van der Waals surface area contributed by atoms with Gasteiger partial charge >= 0.3 is 0 Å². The molecule has 0 heterocycles. The van der Waals surface area contributed by atoms with Crippen LogP contribution in [0.15, 0.2) is 48.5 Å². The molecule has 0 saturated heterocycles. The predicted molar refractivity (Wildman–Crippen MR) is 71.8 cm³/mol. The molecule has 0 bridgehead atoms. The summed E-state index contributed by atoms with van der Waals surface area (Å²) >= 11 is 0. The standard InChI is InChI=1S/C16H18O/c1-12(2)14-8-6-9-15(11-14)17-16-10-5-4-7-13(16)3/h4-12H,1-3H3. The van der Waals surface area contributed by atoms with Crippen LogP contribution in [0.25, 0.3) is 0 Å². The highest BCUT2D eigenvalue weighted by atomic mass is 16.5. The summed E-state index contributed by atoms with van der Waals surface area (Å²) in [5, 5.41) is 0. The Morgan fingerprint density at radius 2 is 1.71 bits per heavy atom. The van der Waals surface area contributed by atoms with E-state index in [9.17, 15) is 0 Å². The molecule has 0 atom stereocenters. The number of aryl methyl sites for hydroxylation is 1. The van der Waals surface area contributed by atoms with Crippen LogP contribution in [-0.4, -0.2) is 0 Å². The second-order valence-corrected chi connectivity index (χ2v) is 4.59. The molecule has 0 spiro atoms. The lowest BCUT2D eigenvalue weighted by Gasteiger charge is -2.11. The summed E-state index contributed by atoms with van der Waals surface area (Å²) in [6, 6.07) is 16.4. The van der Waals surface area contributed by atoms with Gasteiger partial charge in [-0.25, -0.2) is 0 Å². The minimum atomic E-state index is 0.524. The zero-order chi connectivity index (χ0) is 12.3. The maximum absolute atomic E-state index is 5.90. The van der Waals surface area contributed by atoms with Gasteiger partial charge in [-0.3, -0.25) is 0 Å². The topological polar surface area (TPSA) is 9.23 Å². The Balaban J connectivity index is 2.25. The summed E-state index contributed by atoms with van der Waals surface area (Å²) in [5.41, 5.74) is 2.46. The molecule has 0 amide bonds. The molecule has 17 heavy (non-hydrogen) atoms. The Morgan fingerprint density at radius 1 is 0.941 bits per heavy atom. The maximum atomic E-state index is 5.90. The van der Waals surface area contributed by atoms with Crippen molar-refractivity contribution in [1.29, 1.82) is 0 Å². The third-order valence-electron chi connectivity index (χ3n) is 2.85. The second-order valence-electron chi connectivity index (χ2n) is 4.59. The molecule has 0 fully saturated rings. The van der Waals surface area contributed by atoms with Crippen molar-refractivity contribution in [3.8, 4) is 11.5 Å². The van der Waals surface area contributed by atoms with Crippen molar-refractivity contribution in [2.75, 3.05) is 0 Å². The van der Waals surface area contributed by atoms with Crippen molar-refractivity contribution >= 4 is 0 Å². The van der Waals surface area contributed by atoms with Crippen molar-refractivity contribution in [3.63, 3.8) is 0 Å². The van der Waals surface area contributed by atoms with E-state index in [0.717, 1.165) is 17.1 Å². The molecular weight excluding hydrogens is 208 g/mol. The SMILES string of the molecule is Cc1ccccc1Oc1cccc(C(C)C)c1. The minimum absolute atomic E-state index is 0.524. The first-order valence-electron chi connectivity index (χ1n) is 6.00. The van der Waals surface area contributed by atoms with Crippen molar-refractivity contribution in [1.82, 2.24) is 0 Å². The normalized spacial score (nSPS) is 10.6. The number of benzene rings is 2. The number of hydrogen-bond acceptors (Lipinski definition) is 1. The van der Waals surface area contributed by atoms with Crippen LogP contribution in [0.4, 0.5) is 0 Å². The quantitative estimate of drug-likeness (QED) is 0.722. The Hall–Kier alpha value is -1.76. The Labute approximate surface area is 103 Å². The molecule has 0 aliphatic carbocycles. The number of ether oxygens (including phenoxy) is 1. The number of para-hydroxylation sites is 1. The number of hydrogen-bond donors (Lipinski definition) is 0. The van der Waals surface area contributed by atoms with Crippen LogP contribution in [0, 0.1) is 6.92 Å². The highest BCUT2D eigenvalue weighted by molar-refractivity contribution is 5.38. The molecule has 0 radical (unpaired) electrons. The van der Waals surface area contributed by atoms with E-state index in [1.54, 1.807) is 0 Å². The first kappa shape index (κ1) is 11.7. The maximum Gasteiger partial charge on any atom is 0.130 e. The molecule has 1 nitrogen and oxygen atoms in total. The zero-order valence-electron chi connectivity index (χ0n) is 10.6. The first-order valence-corrected chi connectivity index (χ1v) is 6.00. The third-order valence-corrected chi connectivity index (χ3v) is 2.85. The highest BCUT2D eigenvalue weighted by Crippen LogP contribution is 2.27. The summed E-state index contributed by atoms with van der Waals surface area (Å²) in [4.78, 5) is 0. The van der Waals surface area contributed by atoms with Crippen LogP contribution >= 0.6 is 0 Å². The molecule has 0 saturated carbocycles. The Bertz CT molecular complexity index is 500. The highest BCUT2D eigenvalue weighted by Gasteiger charge is 2.03. The van der Waals surface area contributed by atoms with Crippen LogP contribution in [0.2, 0.25) is 0 Å². The summed E-state index contributed by atoms with van der Waals surface area (Å²) in [7, 11) is 0. The molecule has 2 aromatic carbocycles. The van der Waals surface area contributed by atoms with Gasteiger partial charge in [-0.2, -0.15) is 0 Å². The fraction of sp³-hybridized carbons (Fsp3) is 0.250. The largest absolute Gasteiger partial charge is 0.457 e. The van der Waals surface area contributed by atoms with E-state index in [4.69, 9.17) is 4.74 Å². The van der Waals surface area contributed by atoms with Gasteiger partial charge in [0.2, 0.25) is 0 Å². The van der Waals surface area contributed by atoms with Gasteiger partial charge in [-0.1, -0.05) is 44.2 Å². The summed E-state index contributed by atoms with van der Waals surface area (Å²) in [6.45, 7) is 6.43. The van der Waals surface area contributed by atoms with E-state index >= 15 is 0 Å². The summed E-state index contributed by atoms with van der Waals surface area (Å²) in [5.74, 6) is 2.36. The van der Waals surface area contributed by atoms with Crippen LogP contribution < -0.4 is 4.74 Å². The Morgan fingerprint density at radius 3 is 2.41 bits per heavy atom. The van der Waals surface area contributed by atoms with Crippen LogP contribution in [-0.2, 0) is 0 Å². The molecule has 2 rings (SSSR count). The van der Waals surface area contributed by atoms with Gasteiger partial charge in [-0.05, 0) is 42.2 Å². The molecule has 88 valence electrons. The van der Waals surface area contributed by atoms with E-state index in [0.29, 0.717) is 5.92 Å². The fourth-order valence-electron chi connectivity index (χ4n) is 1.74. The predicted octanol–water partition coefficient (Wildman–Crippen LogP) is 4.91. The molecule has 0 unspecified atom stereocenters. The van der Waals surface area contributed by atoms with Crippen molar-refractivity contribution < 1.29 is 4.74 Å². The average Bonchev–Trinajstić information content (AvgIpc) is 2.32. The molecule has 1 heteroatoms. The van der Waals surface area contributed by atoms with E-state index < -0.39 is 0 Å². The van der Waals surface area contributed by atoms with Crippen LogP contribution in [0.3, 0.4) is 0 Å². The average molecular weight is 226 g/mol. The van der Waals surface area contributed by atoms with E-state index in [1.165, 1.54) is 5.56 Å². The molecule has 0 N–H and O–H groups in total. The van der Waals surface area contributed by atoms with Gasteiger partial charge in [0.1, 0.15) is 11.5 Å². The van der Waals surface area contributed by atoms with E-state index in [-0.39, 0.29) is 0 Å². The van der Waals surface area contributed by atoms with Crippen molar-refractivity contribution in [2.24, 2.45) is 0 Å². The van der Waals surface area contributed by atoms with Crippen LogP contribution in [0.1, 0.15) is 30.9 Å². The third kappa shape index (κ3) is 2.88. The van der Waals surface area contributed by atoms with Crippen molar-refractivity contribution in [3.05, 3.63) is 59.7 Å². The van der Waals surface area contributed by atoms with E-state index in [1.807, 2.05) is 30.3 Å². The molecule has 2 aromatic rings.